The minimum atomic E-state index is -0.162. The summed E-state index contributed by atoms with van der Waals surface area (Å²) in [7, 11) is 0. The van der Waals surface area contributed by atoms with Gasteiger partial charge in [-0.25, -0.2) is 4.98 Å². The summed E-state index contributed by atoms with van der Waals surface area (Å²) in [6.45, 7) is 4.13. The van der Waals surface area contributed by atoms with Crippen LogP contribution in [-0.4, -0.2) is 15.9 Å². The van der Waals surface area contributed by atoms with Gasteiger partial charge in [-0.15, -0.1) is 0 Å². The summed E-state index contributed by atoms with van der Waals surface area (Å²) in [5, 5.41) is 5.00. The Kier molecular flexibility index (Phi) is 5.49. The Morgan fingerprint density at radius 3 is 2.72 bits per heavy atom. The predicted molar refractivity (Wildman–Crippen MR) is 110 cm³/mol. The van der Waals surface area contributed by atoms with Crippen LogP contribution in [0.4, 0.5) is 0 Å². The van der Waals surface area contributed by atoms with Gasteiger partial charge in [0.25, 0.3) is 5.56 Å². The van der Waals surface area contributed by atoms with Gasteiger partial charge in [-0.2, -0.15) is 9.78 Å². The molecule has 25 heavy (non-hydrogen) atoms. The van der Waals surface area contributed by atoms with Gasteiger partial charge < -0.3 is 0 Å². The van der Waals surface area contributed by atoms with Crippen molar-refractivity contribution in [3.05, 3.63) is 73.2 Å². The fourth-order valence-corrected chi connectivity index (χ4v) is 3.23. The van der Waals surface area contributed by atoms with Crippen molar-refractivity contribution in [1.29, 1.82) is 0 Å². The summed E-state index contributed by atoms with van der Waals surface area (Å²) in [4.78, 5) is 17.7. The predicted octanol–water partition coefficient (Wildman–Crippen LogP) is 5.32. The first-order valence-corrected chi connectivity index (χ1v) is 9.61. The quantitative estimate of drug-likeness (QED) is 0.492. The third kappa shape index (κ3) is 3.75. The third-order valence-electron chi connectivity index (χ3n) is 4.10. The summed E-state index contributed by atoms with van der Waals surface area (Å²) in [6.07, 6.45) is 2.56. The van der Waals surface area contributed by atoms with Gasteiger partial charge >= 0.3 is 0 Å². The van der Waals surface area contributed by atoms with E-state index in [1.165, 1.54) is 4.68 Å². The van der Waals surface area contributed by atoms with Crippen LogP contribution in [0.3, 0.4) is 0 Å². The molecule has 2 aromatic carbocycles. The van der Waals surface area contributed by atoms with Gasteiger partial charge in [0.05, 0.1) is 17.1 Å². The minimum absolute atomic E-state index is 0.122. The standard InChI is InChI=1S/C19H17Br2N3O/c1-3-12(2)18-23-17-9-8-14(20)10-15(17)19(25)24(18)22-11-13-6-4-5-7-16(13)21/h4-12H,3H2,1-2H3/t12-/m1/s1. The smallest absolute Gasteiger partial charge is 0.267 e. The van der Waals surface area contributed by atoms with Crippen molar-refractivity contribution in [2.24, 2.45) is 5.10 Å². The van der Waals surface area contributed by atoms with E-state index in [2.05, 4.69) is 50.8 Å². The van der Waals surface area contributed by atoms with E-state index in [0.29, 0.717) is 16.7 Å². The third-order valence-corrected chi connectivity index (χ3v) is 5.32. The Labute approximate surface area is 162 Å². The maximum atomic E-state index is 13.0. The minimum Gasteiger partial charge on any atom is -0.267 e. The molecular weight excluding hydrogens is 446 g/mol. The van der Waals surface area contributed by atoms with E-state index in [1.54, 1.807) is 12.3 Å². The van der Waals surface area contributed by atoms with Crippen LogP contribution >= 0.6 is 31.9 Å². The molecule has 0 aliphatic rings. The number of halogens is 2. The lowest BCUT2D eigenvalue weighted by Gasteiger charge is -2.14. The van der Waals surface area contributed by atoms with E-state index in [1.807, 2.05) is 36.4 Å². The highest BCUT2D eigenvalue weighted by molar-refractivity contribution is 9.10. The summed E-state index contributed by atoms with van der Waals surface area (Å²) >= 11 is 6.92. The van der Waals surface area contributed by atoms with Crippen molar-refractivity contribution in [2.75, 3.05) is 0 Å². The lowest BCUT2D eigenvalue weighted by Crippen LogP contribution is -2.23. The summed E-state index contributed by atoms with van der Waals surface area (Å²) < 4.78 is 3.19. The Morgan fingerprint density at radius 1 is 1.24 bits per heavy atom. The normalized spacial score (nSPS) is 12.8. The van der Waals surface area contributed by atoms with Crippen LogP contribution in [0.25, 0.3) is 10.9 Å². The highest BCUT2D eigenvalue weighted by Crippen LogP contribution is 2.21. The number of rotatable bonds is 4. The number of hydrogen-bond acceptors (Lipinski definition) is 3. The largest absolute Gasteiger partial charge is 0.282 e. The van der Waals surface area contributed by atoms with Crippen molar-refractivity contribution in [3.8, 4) is 0 Å². The maximum Gasteiger partial charge on any atom is 0.282 e. The Morgan fingerprint density at radius 2 is 2.00 bits per heavy atom. The SMILES string of the molecule is CC[C@@H](C)c1nc2ccc(Br)cc2c(=O)n1N=Cc1ccccc1Br. The molecule has 0 aliphatic carbocycles. The molecule has 0 fully saturated rings. The molecule has 4 nitrogen and oxygen atoms in total. The second-order valence-electron chi connectivity index (χ2n) is 5.82. The van der Waals surface area contributed by atoms with Gasteiger partial charge in [0.1, 0.15) is 5.82 Å². The summed E-state index contributed by atoms with van der Waals surface area (Å²) in [6, 6.07) is 13.3. The summed E-state index contributed by atoms with van der Waals surface area (Å²) in [5.74, 6) is 0.794. The number of fused-ring (bicyclic) bond motifs is 1. The van der Waals surface area contributed by atoms with Gasteiger partial charge in [0.2, 0.25) is 0 Å². The van der Waals surface area contributed by atoms with Crippen LogP contribution in [0.2, 0.25) is 0 Å². The molecule has 1 atom stereocenters. The maximum absolute atomic E-state index is 13.0. The fourth-order valence-electron chi connectivity index (χ4n) is 2.48. The van der Waals surface area contributed by atoms with Gasteiger partial charge in [-0.1, -0.05) is 63.9 Å². The molecule has 0 aliphatic heterocycles. The zero-order chi connectivity index (χ0) is 18.0. The molecule has 3 aromatic rings. The Balaban J connectivity index is 2.22. The summed E-state index contributed by atoms with van der Waals surface area (Å²) in [5.41, 5.74) is 1.43. The first-order chi connectivity index (χ1) is 12.0. The zero-order valence-electron chi connectivity index (χ0n) is 13.9. The average molecular weight is 463 g/mol. The van der Waals surface area contributed by atoms with E-state index < -0.39 is 0 Å². The second kappa shape index (κ2) is 7.62. The molecule has 0 spiro atoms. The topological polar surface area (TPSA) is 47.2 Å². The van der Waals surface area contributed by atoms with Crippen LogP contribution < -0.4 is 5.56 Å². The van der Waals surface area contributed by atoms with Crippen molar-refractivity contribution >= 4 is 49.0 Å². The average Bonchev–Trinajstić information content (AvgIpc) is 2.62. The number of aromatic nitrogens is 2. The molecule has 128 valence electrons. The highest BCUT2D eigenvalue weighted by Gasteiger charge is 2.15. The van der Waals surface area contributed by atoms with Crippen LogP contribution in [0, 0.1) is 0 Å². The first-order valence-electron chi connectivity index (χ1n) is 8.02. The van der Waals surface area contributed by atoms with Crippen molar-refractivity contribution in [1.82, 2.24) is 9.66 Å². The van der Waals surface area contributed by atoms with Gasteiger partial charge in [-0.3, -0.25) is 4.79 Å². The van der Waals surface area contributed by atoms with Gasteiger partial charge in [-0.05, 0) is 30.7 Å². The van der Waals surface area contributed by atoms with Crippen LogP contribution in [0.15, 0.2) is 61.3 Å². The molecule has 0 amide bonds. The molecular formula is C19H17Br2N3O. The van der Waals surface area contributed by atoms with Crippen molar-refractivity contribution < 1.29 is 0 Å². The second-order valence-corrected chi connectivity index (χ2v) is 7.59. The van der Waals surface area contributed by atoms with Crippen LogP contribution in [0.1, 0.15) is 37.6 Å². The number of nitrogens with zero attached hydrogens (tertiary/aromatic N) is 3. The molecule has 0 bridgehead atoms. The van der Waals surface area contributed by atoms with Crippen molar-refractivity contribution in [3.63, 3.8) is 0 Å². The Bertz CT molecular complexity index is 1010. The first kappa shape index (κ1) is 18.0. The van der Waals surface area contributed by atoms with Crippen LogP contribution in [-0.2, 0) is 0 Å². The molecule has 1 heterocycles. The van der Waals surface area contributed by atoms with E-state index in [-0.39, 0.29) is 11.5 Å². The Hall–Kier alpha value is -1.79. The lowest BCUT2D eigenvalue weighted by molar-refractivity contribution is 0.613. The van der Waals surface area contributed by atoms with E-state index in [9.17, 15) is 4.79 Å². The lowest BCUT2D eigenvalue weighted by atomic mass is 10.1. The molecule has 0 N–H and O–H groups in total. The van der Waals surface area contributed by atoms with E-state index >= 15 is 0 Å². The monoisotopic (exact) mass is 461 g/mol. The van der Waals surface area contributed by atoms with Crippen molar-refractivity contribution in [2.45, 2.75) is 26.2 Å². The number of benzene rings is 2. The molecule has 0 radical (unpaired) electrons. The van der Waals surface area contributed by atoms with Gasteiger partial charge in [0, 0.05) is 20.4 Å². The number of hydrogen-bond donors (Lipinski definition) is 0. The van der Waals surface area contributed by atoms with E-state index in [0.717, 1.165) is 20.9 Å². The van der Waals surface area contributed by atoms with Crippen LogP contribution in [0.5, 0.6) is 0 Å². The molecule has 0 unspecified atom stereocenters. The molecule has 0 saturated carbocycles. The van der Waals surface area contributed by atoms with E-state index in [4.69, 9.17) is 4.98 Å². The van der Waals surface area contributed by atoms with Gasteiger partial charge in [0.15, 0.2) is 0 Å². The zero-order valence-corrected chi connectivity index (χ0v) is 17.1. The molecule has 1 aromatic heterocycles. The molecule has 6 heteroatoms. The molecule has 0 saturated heterocycles. The molecule has 3 rings (SSSR count). The highest BCUT2D eigenvalue weighted by atomic mass is 79.9. The fraction of sp³-hybridized carbons (Fsp3) is 0.211.